The number of alkyl carbamates (subject to hydrolysis) is 1. The van der Waals surface area contributed by atoms with Crippen molar-refractivity contribution in [2.24, 2.45) is 11.8 Å². The third kappa shape index (κ3) is 4.00. The minimum absolute atomic E-state index is 0.00745. The second kappa shape index (κ2) is 9.51. The third-order valence-corrected chi connectivity index (χ3v) is 8.45. The van der Waals surface area contributed by atoms with E-state index in [1.54, 1.807) is 16.0 Å². The van der Waals surface area contributed by atoms with Gasteiger partial charge < -0.3 is 24.4 Å². The van der Waals surface area contributed by atoms with Gasteiger partial charge in [-0.15, -0.1) is 0 Å². The highest BCUT2D eigenvalue weighted by molar-refractivity contribution is 5.94. The lowest BCUT2D eigenvalue weighted by Crippen LogP contribution is -2.40. The Hall–Kier alpha value is -4.66. The van der Waals surface area contributed by atoms with Gasteiger partial charge in [0.15, 0.2) is 6.61 Å². The normalized spacial score (nSPS) is 27.2. The number of nitriles is 1. The minimum atomic E-state index is -0.729. The fourth-order valence-corrected chi connectivity index (χ4v) is 6.39. The fraction of sp³-hybridized carbons (Fsp3) is 0.429. The Labute approximate surface area is 229 Å². The van der Waals surface area contributed by atoms with Crippen LogP contribution in [0.4, 0.5) is 15.3 Å². The molecule has 5 atom stereocenters. The molecule has 2 aromatic rings. The summed E-state index contributed by atoms with van der Waals surface area (Å²) in [4.78, 5) is 55.3. The van der Waals surface area contributed by atoms with Crippen molar-refractivity contribution >= 4 is 29.8 Å². The molecule has 0 unspecified atom stereocenters. The monoisotopic (exact) mass is 545 g/mol. The zero-order chi connectivity index (χ0) is 28.2. The lowest BCUT2D eigenvalue weighted by atomic mass is 9.95. The van der Waals surface area contributed by atoms with Crippen molar-refractivity contribution in [1.29, 1.82) is 5.26 Å². The molecule has 1 aromatic heterocycles. The Morgan fingerprint density at radius 2 is 1.95 bits per heavy atom. The van der Waals surface area contributed by atoms with Crippen LogP contribution in [0.5, 0.6) is 0 Å². The number of carbonyl (C=O) groups excluding carboxylic acids is 4. The number of hydrogen-bond donors (Lipinski definition) is 1. The van der Waals surface area contributed by atoms with Gasteiger partial charge in [-0.25, -0.2) is 9.59 Å². The summed E-state index contributed by atoms with van der Waals surface area (Å²) in [5.41, 5.74) is 3.54. The second-order valence-electron chi connectivity index (χ2n) is 10.5. The van der Waals surface area contributed by atoms with E-state index >= 15 is 0 Å². The van der Waals surface area contributed by atoms with Gasteiger partial charge in [0.1, 0.15) is 11.5 Å². The number of esters is 1. The minimum Gasteiger partial charge on any atom is -0.456 e. The Morgan fingerprint density at radius 3 is 2.60 bits per heavy atom. The summed E-state index contributed by atoms with van der Waals surface area (Å²) in [5.74, 6) is -0.774. The first-order chi connectivity index (χ1) is 19.3. The van der Waals surface area contributed by atoms with Crippen LogP contribution in [0.1, 0.15) is 18.2 Å². The van der Waals surface area contributed by atoms with Crippen LogP contribution in [0.2, 0.25) is 0 Å². The van der Waals surface area contributed by atoms with E-state index in [9.17, 15) is 24.4 Å². The largest absolute Gasteiger partial charge is 0.456 e. The molecule has 3 amide bonds. The Balaban J connectivity index is 1.14. The third-order valence-electron chi connectivity index (χ3n) is 8.45. The summed E-state index contributed by atoms with van der Waals surface area (Å²) in [5, 5.41) is 12.7. The first-order valence-corrected chi connectivity index (χ1v) is 13.0. The first kappa shape index (κ1) is 25.6. The molecular weight excluding hydrogens is 518 g/mol. The van der Waals surface area contributed by atoms with E-state index in [4.69, 9.17) is 9.47 Å². The van der Waals surface area contributed by atoms with Crippen molar-refractivity contribution < 1.29 is 33.4 Å². The summed E-state index contributed by atoms with van der Waals surface area (Å²) in [6.45, 7) is 2.00. The number of benzene rings is 1. The number of likely N-dealkylation sites (tertiary alicyclic amines) is 1. The number of hydrogen-bond acceptors (Lipinski definition) is 9. The number of piperidine rings is 1. The van der Waals surface area contributed by atoms with Crippen molar-refractivity contribution in [1.82, 2.24) is 15.2 Å². The Morgan fingerprint density at radius 1 is 1.20 bits per heavy atom. The topological polar surface area (TPSA) is 151 Å². The number of methoxy groups -OCH3 is 1. The van der Waals surface area contributed by atoms with Crippen LogP contribution in [0.25, 0.3) is 11.1 Å². The number of anilines is 1. The molecule has 1 aromatic carbocycles. The average molecular weight is 546 g/mol. The van der Waals surface area contributed by atoms with Crippen molar-refractivity contribution in [3.05, 3.63) is 47.8 Å². The molecule has 3 fully saturated rings. The summed E-state index contributed by atoms with van der Waals surface area (Å²) in [6, 6.07) is 11.9. The van der Waals surface area contributed by atoms with Gasteiger partial charge in [-0.3, -0.25) is 19.5 Å². The van der Waals surface area contributed by atoms with Crippen LogP contribution in [0, 0.1) is 23.2 Å². The van der Waals surface area contributed by atoms with Gasteiger partial charge in [-0.2, -0.15) is 5.26 Å². The molecule has 6 rings (SSSR count). The molecule has 2 saturated heterocycles. The number of carbonyl (C=O) groups is 4. The number of cyclic esters (lactones) is 1. The number of rotatable bonds is 6. The van der Waals surface area contributed by atoms with Crippen LogP contribution in [0.3, 0.4) is 0 Å². The smallest absolute Gasteiger partial charge is 0.415 e. The van der Waals surface area contributed by atoms with Crippen LogP contribution in [-0.4, -0.2) is 79.4 Å². The quantitative estimate of drug-likeness (QED) is 0.423. The lowest BCUT2D eigenvalue weighted by Gasteiger charge is -2.22. The lowest BCUT2D eigenvalue weighted by molar-refractivity contribution is -0.150. The van der Waals surface area contributed by atoms with Crippen molar-refractivity contribution in [2.45, 2.75) is 30.9 Å². The van der Waals surface area contributed by atoms with Gasteiger partial charge in [0.2, 0.25) is 0 Å². The molecule has 40 heavy (non-hydrogen) atoms. The number of ether oxygens (including phenoxy) is 3. The Kier molecular flexibility index (Phi) is 6.09. The van der Waals surface area contributed by atoms with Crippen LogP contribution in [0.15, 0.2) is 36.5 Å². The molecule has 3 aliphatic heterocycles. The van der Waals surface area contributed by atoms with Crippen molar-refractivity contribution in [3.8, 4) is 17.2 Å². The predicted molar refractivity (Wildman–Crippen MR) is 138 cm³/mol. The van der Waals surface area contributed by atoms with E-state index in [0.717, 1.165) is 22.4 Å². The molecule has 12 nitrogen and oxygen atoms in total. The van der Waals surface area contributed by atoms with Crippen molar-refractivity contribution in [2.75, 3.05) is 38.3 Å². The summed E-state index contributed by atoms with van der Waals surface area (Å²) in [7, 11) is 1.28. The maximum atomic E-state index is 12.5. The van der Waals surface area contributed by atoms with E-state index in [-0.39, 0.29) is 36.9 Å². The highest BCUT2D eigenvalue weighted by atomic mass is 16.6. The maximum Gasteiger partial charge on any atom is 0.415 e. The molecular formula is C28H27N5O7. The predicted octanol–water partition coefficient (Wildman–Crippen LogP) is 1.77. The number of pyridine rings is 1. The Bertz CT molecular complexity index is 1440. The highest BCUT2D eigenvalue weighted by Gasteiger charge is 2.71. The van der Waals surface area contributed by atoms with Crippen LogP contribution < -0.4 is 10.2 Å². The van der Waals surface area contributed by atoms with Gasteiger partial charge in [-0.05, 0) is 35.7 Å². The SMILES string of the molecule is COC(=O)NC[C@@H]1OC(=O)N2c3ccc(-c4ccc([C@@]5(C#N)[C@@H]6CN(C(=O)COC(C)=O)C[C@@H]65)nc4)cc3C[C@@H]12. The summed E-state index contributed by atoms with van der Waals surface area (Å²) in [6.07, 6.45) is 0.823. The zero-order valence-electron chi connectivity index (χ0n) is 22.0. The van der Waals surface area contributed by atoms with Crippen molar-refractivity contribution in [3.63, 3.8) is 0 Å². The van der Waals surface area contributed by atoms with E-state index in [2.05, 4.69) is 21.1 Å². The maximum absolute atomic E-state index is 12.5. The van der Waals surface area contributed by atoms with Gasteiger partial charge in [0.05, 0.1) is 37.1 Å². The number of aromatic nitrogens is 1. The molecule has 4 aliphatic rings. The summed E-state index contributed by atoms with van der Waals surface area (Å²) < 4.78 is 14.9. The van der Waals surface area contributed by atoms with Crippen LogP contribution in [-0.2, 0) is 35.6 Å². The number of amides is 3. The molecule has 1 N–H and O–H groups in total. The first-order valence-electron chi connectivity index (χ1n) is 13.0. The van der Waals surface area contributed by atoms with Gasteiger partial charge in [0.25, 0.3) is 5.91 Å². The molecule has 0 radical (unpaired) electrons. The highest BCUT2D eigenvalue weighted by Crippen LogP contribution is 2.62. The average Bonchev–Trinajstić information content (AvgIpc) is 3.32. The molecule has 1 saturated carbocycles. The van der Waals surface area contributed by atoms with Gasteiger partial charge >= 0.3 is 18.2 Å². The molecule has 0 bridgehead atoms. The molecule has 4 heterocycles. The standard InChI is InChI=1S/C28H27N5O7/c1-15(34)39-13-25(35)32-11-19-20(12-32)28(19,14-29)24-6-4-17(9-30-24)16-3-5-21-18(7-16)8-22-23(10-31-26(36)38-2)40-27(37)33(21)22/h3-7,9,19-20,22-23H,8,10-13H2,1-2H3,(H,31,36)/t19-,20+,22-,23-,28+/m0/s1. The number of nitrogens with zero attached hydrogens (tertiary/aromatic N) is 4. The fourth-order valence-electron chi connectivity index (χ4n) is 6.39. The molecule has 0 spiro atoms. The zero-order valence-corrected chi connectivity index (χ0v) is 22.0. The van der Waals surface area contributed by atoms with Crippen LogP contribution >= 0.6 is 0 Å². The summed E-state index contributed by atoms with van der Waals surface area (Å²) >= 11 is 0. The molecule has 12 heteroatoms. The van der Waals surface area contributed by atoms with Gasteiger partial charge in [0, 0.05) is 43.6 Å². The van der Waals surface area contributed by atoms with E-state index in [1.807, 2.05) is 30.3 Å². The van der Waals surface area contributed by atoms with Gasteiger partial charge in [-0.1, -0.05) is 12.1 Å². The number of nitrogens with one attached hydrogen (secondary N) is 1. The van der Waals surface area contributed by atoms with E-state index < -0.39 is 29.7 Å². The van der Waals surface area contributed by atoms with E-state index in [1.165, 1.54) is 14.0 Å². The molecule has 1 aliphatic carbocycles. The second-order valence-corrected chi connectivity index (χ2v) is 10.5. The van der Waals surface area contributed by atoms with E-state index in [0.29, 0.717) is 25.2 Å². The molecule has 206 valence electrons. The number of fused-ring (bicyclic) bond motifs is 4.